The summed E-state index contributed by atoms with van der Waals surface area (Å²) in [4.78, 5) is 12.2. The van der Waals surface area contributed by atoms with Crippen LogP contribution in [0.2, 0.25) is 0 Å². The number of rotatable bonds is 6. The molecule has 2 aromatic rings. The van der Waals surface area contributed by atoms with E-state index in [1.54, 1.807) is 30.3 Å². The van der Waals surface area contributed by atoms with Crippen LogP contribution in [-0.2, 0) is 14.8 Å². The topological polar surface area (TPSA) is 66.5 Å². The predicted molar refractivity (Wildman–Crippen MR) is 99.3 cm³/mol. The maximum absolute atomic E-state index is 12.1. The van der Waals surface area contributed by atoms with Crippen LogP contribution in [0, 0.1) is 0 Å². The van der Waals surface area contributed by atoms with Crippen molar-refractivity contribution in [3.8, 4) is 0 Å². The second kappa shape index (κ2) is 8.09. The zero-order valence-electron chi connectivity index (χ0n) is 14.5. The van der Waals surface area contributed by atoms with Crippen molar-refractivity contribution < 1.29 is 13.2 Å². The molecule has 2 rings (SSSR count). The minimum Gasteiger partial charge on any atom is -0.346 e. The quantitative estimate of drug-likeness (QED) is 0.808. The van der Waals surface area contributed by atoms with Crippen molar-refractivity contribution in [1.82, 2.24) is 9.62 Å². The van der Waals surface area contributed by atoms with Crippen LogP contribution < -0.4 is 5.32 Å². The lowest BCUT2D eigenvalue weighted by Crippen LogP contribution is -2.25. The molecule has 2 aromatic carbocycles. The molecule has 0 aliphatic heterocycles. The van der Waals surface area contributed by atoms with Crippen molar-refractivity contribution >= 4 is 22.0 Å². The lowest BCUT2D eigenvalue weighted by atomic mass is 10.1. The van der Waals surface area contributed by atoms with Gasteiger partial charge in [0.05, 0.1) is 10.9 Å². The number of hydrogen-bond acceptors (Lipinski definition) is 3. The fraction of sp³-hybridized carbons (Fsp3) is 0.211. The molecule has 1 amide bonds. The highest BCUT2D eigenvalue weighted by atomic mass is 32.2. The van der Waals surface area contributed by atoms with E-state index < -0.39 is 10.0 Å². The van der Waals surface area contributed by atoms with Gasteiger partial charge in [0, 0.05) is 20.2 Å². The van der Waals surface area contributed by atoms with Crippen molar-refractivity contribution in [2.24, 2.45) is 0 Å². The third-order valence-corrected chi connectivity index (χ3v) is 5.57. The standard InChI is InChI=1S/C19H22N2O3S/c1-15(20-19(22)14-9-16-7-5-4-6-8-16)17-10-12-18(13-11-17)25(23,24)21(2)3/h4-15H,1-3H3,(H,20,22)/b14-9+. The summed E-state index contributed by atoms with van der Waals surface area (Å²) in [5, 5.41) is 2.86. The number of nitrogens with zero attached hydrogens (tertiary/aromatic N) is 1. The second-order valence-corrected chi connectivity index (χ2v) is 7.98. The Hall–Kier alpha value is -2.44. The molecule has 0 saturated heterocycles. The summed E-state index contributed by atoms with van der Waals surface area (Å²) in [7, 11) is -0.464. The van der Waals surface area contributed by atoms with Crippen LogP contribution in [0.1, 0.15) is 24.1 Å². The number of carbonyl (C=O) groups is 1. The van der Waals surface area contributed by atoms with Crippen molar-refractivity contribution in [3.63, 3.8) is 0 Å². The average Bonchev–Trinajstić information content (AvgIpc) is 2.60. The molecule has 0 aliphatic carbocycles. The molecule has 0 radical (unpaired) electrons. The van der Waals surface area contributed by atoms with Crippen molar-refractivity contribution in [2.75, 3.05) is 14.1 Å². The Morgan fingerprint density at radius 1 is 1.04 bits per heavy atom. The van der Waals surface area contributed by atoms with Gasteiger partial charge in [-0.1, -0.05) is 42.5 Å². The monoisotopic (exact) mass is 358 g/mol. The van der Waals surface area contributed by atoms with E-state index in [2.05, 4.69) is 5.32 Å². The fourth-order valence-corrected chi connectivity index (χ4v) is 3.12. The average molecular weight is 358 g/mol. The number of sulfonamides is 1. The van der Waals surface area contributed by atoms with Crippen molar-refractivity contribution in [1.29, 1.82) is 0 Å². The minimum absolute atomic E-state index is 0.207. The van der Waals surface area contributed by atoms with Gasteiger partial charge in [0.25, 0.3) is 0 Å². The molecule has 25 heavy (non-hydrogen) atoms. The summed E-state index contributed by atoms with van der Waals surface area (Å²) >= 11 is 0. The van der Waals surface area contributed by atoms with E-state index in [0.717, 1.165) is 11.1 Å². The van der Waals surface area contributed by atoms with Gasteiger partial charge in [0.1, 0.15) is 0 Å². The van der Waals surface area contributed by atoms with Crippen LogP contribution in [0.3, 0.4) is 0 Å². The molecule has 0 spiro atoms. The van der Waals surface area contributed by atoms with Gasteiger partial charge in [-0.2, -0.15) is 0 Å². The molecule has 1 N–H and O–H groups in total. The first-order valence-corrected chi connectivity index (χ1v) is 9.31. The lowest BCUT2D eigenvalue weighted by molar-refractivity contribution is -0.117. The first kappa shape index (κ1) is 18.9. The van der Waals surface area contributed by atoms with Gasteiger partial charge in [-0.25, -0.2) is 12.7 Å². The van der Waals surface area contributed by atoms with Crippen LogP contribution in [0.25, 0.3) is 6.08 Å². The van der Waals surface area contributed by atoms with E-state index in [1.165, 1.54) is 24.5 Å². The molecule has 0 aromatic heterocycles. The summed E-state index contributed by atoms with van der Waals surface area (Å²) in [5.74, 6) is -0.207. The summed E-state index contributed by atoms with van der Waals surface area (Å²) in [5.41, 5.74) is 1.78. The number of carbonyl (C=O) groups excluding carboxylic acids is 1. The molecule has 0 aliphatic rings. The first-order valence-electron chi connectivity index (χ1n) is 7.87. The summed E-state index contributed by atoms with van der Waals surface area (Å²) in [6.45, 7) is 1.85. The SMILES string of the molecule is CC(NC(=O)/C=C/c1ccccc1)c1ccc(S(=O)(=O)N(C)C)cc1. The minimum atomic E-state index is -3.45. The number of nitrogens with one attached hydrogen (secondary N) is 1. The van der Waals surface area contributed by atoms with Crippen LogP contribution in [0.5, 0.6) is 0 Å². The number of amides is 1. The Morgan fingerprint density at radius 2 is 1.64 bits per heavy atom. The second-order valence-electron chi connectivity index (χ2n) is 5.83. The maximum atomic E-state index is 12.1. The maximum Gasteiger partial charge on any atom is 0.244 e. The van der Waals surface area contributed by atoms with Crippen LogP contribution in [0.4, 0.5) is 0 Å². The molecule has 0 saturated carbocycles. The van der Waals surface area contributed by atoms with E-state index in [9.17, 15) is 13.2 Å². The number of hydrogen-bond donors (Lipinski definition) is 1. The molecule has 1 unspecified atom stereocenters. The Kier molecular flexibility index (Phi) is 6.12. The summed E-state index contributed by atoms with van der Waals surface area (Å²) in [6, 6.07) is 15.8. The highest BCUT2D eigenvalue weighted by molar-refractivity contribution is 7.89. The zero-order valence-corrected chi connectivity index (χ0v) is 15.3. The third kappa shape index (κ3) is 5.01. The Bertz CT molecular complexity index is 842. The van der Waals surface area contributed by atoms with Crippen molar-refractivity contribution in [2.45, 2.75) is 17.9 Å². The van der Waals surface area contributed by atoms with Gasteiger partial charge in [0.2, 0.25) is 15.9 Å². The highest BCUT2D eigenvalue weighted by Crippen LogP contribution is 2.18. The third-order valence-electron chi connectivity index (χ3n) is 3.74. The van der Waals surface area contributed by atoms with Gasteiger partial charge < -0.3 is 5.32 Å². The normalized spacial score (nSPS) is 13.1. The Labute approximate surface area is 149 Å². The first-order chi connectivity index (χ1) is 11.8. The van der Waals surface area contributed by atoms with E-state index in [1.807, 2.05) is 37.3 Å². The number of benzene rings is 2. The molecule has 0 fully saturated rings. The summed E-state index contributed by atoms with van der Waals surface area (Å²) in [6.07, 6.45) is 3.23. The highest BCUT2D eigenvalue weighted by Gasteiger charge is 2.17. The molecule has 1 atom stereocenters. The van der Waals surface area contributed by atoms with E-state index in [-0.39, 0.29) is 16.8 Å². The largest absolute Gasteiger partial charge is 0.346 e. The van der Waals surface area contributed by atoms with Crippen LogP contribution in [-0.4, -0.2) is 32.7 Å². The van der Waals surface area contributed by atoms with Gasteiger partial charge in [-0.15, -0.1) is 0 Å². The molecule has 132 valence electrons. The van der Waals surface area contributed by atoms with Crippen LogP contribution in [0.15, 0.2) is 65.6 Å². The Balaban J connectivity index is 2.02. The van der Waals surface area contributed by atoms with E-state index >= 15 is 0 Å². The molecular formula is C19H22N2O3S. The summed E-state index contributed by atoms with van der Waals surface area (Å²) < 4.78 is 25.3. The molecule has 0 heterocycles. The predicted octanol–water partition coefficient (Wildman–Crippen LogP) is 2.83. The fourth-order valence-electron chi connectivity index (χ4n) is 2.22. The Morgan fingerprint density at radius 3 is 2.20 bits per heavy atom. The molecular weight excluding hydrogens is 336 g/mol. The van der Waals surface area contributed by atoms with E-state index in [0.29, 0.717) is 0 Å². The van der Waals surface area contributed by atoms with Gasteiger partial charge in [-0.3, -0.25) is 4.79 Å². The smallest absolute Gasteiger partial charge is 0.244 e. The molecule has 6 heteroatoms. The van der Waals surface area contributed by atoms with E-state index in [4.69, 9.17) is 0 Å². The van der Waals surface area contributed by atoms with Gasteiger partial charge in [0.15, 0.2) is 0 Å². The van der Waals surface area contributed by atoms with Gasteiger partial charge >= 0.3 is 0 Å². The van der Waals surface area contributed by atoms with Crippen LogP contribution >= 0.6 is 0 Å². The lowest BCUT2D eigenvalue weighted by Gasteiger charge is -2.15. The molecule has 0 bridgehead atoms. The van der Waals surface area contributed by atoms with Crippen molar-refractivity contribution in [3.05, 3.63) is 71.8 Å². The zero-order chi connectivity index (χ0) is 18.4. The molecule has 5 nitrogen and oxygen atoms in total. The van der Waals surface area contributed by atoms with Gasteiger partial charge in [-0.05, 0) is 36.3 Å².